The maximum absolute atomic E-state index is 12.6. The molecule has 0 saturated carbocycles. The summed E-state index contributed by atoms with van der Waals surface area (Å²) in [6.45, 7) is 0. The van der Waals surface area contributed by atoms with Gasteiger partial charge in [-0.25, -0.2) is 0 Å². The van der Waals surface area contributed by atoms with Crippen LogP contribution in [0, 0.1) is 0 Å². The van der Waals surface area contributed by atoms with Gasteiger partial charge >= 0.3 is 0 Å². The number of carbonyl (C=O) groups is 2. The molecule has 0 bridgehead atoms. The predicted octanol–water partition coefficient (Wildman–Crippen LogP) is 4.08. The van der Waals surface area contributed by atoms with E-state index >= 15 is 0 Å². The molecule has 0 saturated heterocycles. The third-order valence-electron chi connectivity index (χ3n) is 4.29. The van der Waals surface area contributed by atoms with Crippen LogP contribution in [-0.2, 0) is 0 Å². The first-order chi connectivity index (χ1) is 15.0. The highest BCUT2D eigenvalue weighted by atomic mass is 32.1. The summed E-state index contributed by atoms with van der Waals surface area (Å²) in [4.78, 5) is 25.0. The number of ether oxygens (including phenoxy) is 2. The summed E-state index contributed by atoms with van der Waals surface area (Å²) in [6.07, 6.45) is 0. The van der Waals surface area contributed by atoms with Crippen molar-refractivity contribution >= 4 is 40.5 Å². The molecule has 3 N–H and O–H groups in total. The Morgan fingerprint density at radius 1 is 0.774 bits per heavy atom. The molecule has 7 nitrogen and oxygen atoms in total. The minimum absolute atomic E-state index is 0.126. The van der Waals surface area contributed by atoms with Crippen LogP contribution in [0.25, 0.3) is 0 Å². The van der Waals surface area contributed by atoms with Crippen LogP contribution in [0.1, 0.15) is 20.7 Å². The Kier molecular flexibility index (Phi) is 7.18. The lowest BCUT2D eigenvalue weighted by molar-refractivity contribution is 0.0976. The molecule has 0 atom stereocenters. The third kappa shape index (κ3) is 5.80. The SMILES string of the molecule is COc1cccc(C(=O)NC(=S)Nc2cccc(NC(=O)c3ccccc3OC)c2)c1. The molecule has 0 aromatic heterocycles. The van der Waals surface area contributed by atoms with Gasteiger partial charge in [-0.05, 0) is 60.7 Å². The number of rotatable bonds is 6. The summed E-state index contributed by atoms with van der Waals surface area (Å²) in [6, 6.07) is 20.7. The van der Waals surface area contributed by atoms with Gasteiger partial charge in [0.25, 0.3) is 11.8 Å². The molecular weight excluding hydrogens is 414 g/mol. The summed E-state index contributed by atoms with van der Waals surface area (Å²) >= 11 is 5.24. The van der Waals surface area contributed by atoms with Crippen molar-refractivity contribution in [3.8, 4) is 11.5 Å². The molecule has 8 heteroatoms. The van der Waals surface area contributed by atoms with Crippen molar-refractivity contribution in [3.05, 3.63) is 83.9 Å². The molecule has 0 spiro atoms. The summed E-state index contributed by atoms with van der Waals surface area (Å²) in [7, 11) is 3.04. The highest BCUT2D eigenvalue weighted by Crippen LogP contribution is 2.21. The average Bonchev–Trinajstić information content (AvgIpc) is 2.79. The number of thiocarbonyl (C=S) groups is 1. The molecule has 0 fully saturated rings. The molecule has 0 unspecified atom stereocenters. The fourth-order valence-corrected chi connectivity index (χ4v) is 3.02. The van der Waals surface area contributed by atoms with Gasteiger partial charge in [0.05, 0.1) is 19.8 Å². The van der Waals surface area contributed by atoms with E-state index in [0.29, 0.717) is 34.0 Å². The zero-order chi connectivity index (χ0) is 22.2. The van der Waals surface area contributed by atoms with Gasteiger partial charge in [-0.15, -0.1) is 0 Å². The monoisotopic (exact) mass is 435 g/mol. The topological polar surface area (TPSA) is 88.7 Å². The van der Waals surface area contributed by atoms with Crippen molar-refractivity contribution in [2.45, 2.75) is 0 Å². The van der Waals surface area contributed by atoms with E-state index in [4.69, 9.17) is 21.7 Å². The number of benzene rings is 3. The second-order valence-corrected chi connectivity index (χ2v) is 6.78. The van der Waals surface area contributed by atoms with Crippen molar-refractivity contribution < 1.29 is 19.1 Å². The van der Waals surface area contributed by atoms with Crippen molar-refractivity contribution in [1.29, 1.82) is 0 Å². The zero-order valence-electron chi connectivity index (χ0n) is 17.0. The molecule has 3 aromatic rings. The largest absolute Gasteiger partial charge is 0.497 e. The van der Waals surface area contributed by atoms with E-state index in [9.17, 15) is 9.59 Å². The van der Waals surface area contributed by atoms with Crippen molar-refractivity contribution in [1.82, 2.24) is 5.32 Å². The fraction of sp³-hybridized carbons (Fsp3) is 0.0870. The van der Waals surface area contributed by atoms with E-state index in [2.05, 4.69) is 16.0 Å². The van der Waals surface area contributed by atoms with Crippen molar-refractivity contribution in [2.24, 2.45) is 0 Å². The van der Waals surface area contributed by atoms with E-state index in [1.165, 1.54) is 14.2 Å². The van der Waals surface area contributed by atoms with Crippen LogP contribution < -0.4 is 25.4 Å². The van der Waals surface area contributed by atoms with E-state index in [-0.39, 0.29) is 16.9 Å². The standard InChI is InChI=1S/C23H21N3O4S/c1-29-18-10-5-7-15(13-18)21(27)26-23(31)25-17-9-6-8-16(14-17)24-22(28)19-11-3-4-12-20(19)30-2/h3-14H,1-2H3,(H,24,28)(H2,25,26,27,31). The number of carbonyl (C=O) groups excluding carboxylic acids is 2. The lowest BCUT2D eigenvalue weighted by atomic mass is 10.2. The molecule has 2 amide bonds. The van der Waals surface area contributed by atoms with Gasteiger partial charge in [0, 0.05) is 16.9 Å². The molecule has 0 aliphatic carbocycles. The van der Waals surface area contributed by atoms with Crippen molar-refractivity contribution in [2.75, 3.05) is 24.9 Å². The Morgan fingerprint density at radius 2 is 1.48 bits per heavy atom. The summed E-state index contributed by atoms with van der Waals surface area (Å²) in [5.41, 5.74) is 2.00. The normalized spacial score (nSPS) is 10.0. The molecule has 3 aromatic carbocycles. The van der Waals surface area contributed by atoms with Crippen molar-refractivity contribution in [3.63, 3.8) is 0 Å². The molecule has 3 rings (SSSR count). The Morgan fingerprint density at radius 3 is 2.23 bits per heavy atom. The maximum Gasteiger partial charge on any atom is 0.259 e. The maximum atomic E-state index is 12.6. The van der Waals surface area contributed by atoms with Gasteiger partial charge in [0.15, 0.2) is 5.11 Å². The predicted molar refractivity (Wildman–Crippen MR) is 124 cm³/mol. The van der Waals surface area contributed by atoms with Gasteiger partial charge in [-0.1, -0.05) is 24.3 Å². The number of methoxy groups -OCH3 is 2. The summed E-state index contributed by atoms with van der Waals surface area (Å²) < 4.78 is 10.4. The van der Waals surface area contributed by atoms with Crippen LogP contribution in [0.3, 0.4) is 0 Å². The van der Waals surface area contributed by atoms with Crippen LogP contribution in [-0.4, -0.2) is 31.1 Å². The molecule has 0 heterocycles. The molecule has 0 radical (unpaired) electrons. The lowest BCUT2D eigenvalue weighted by Crippen LogP contribution is -2.34. The van der Waals surface area contributed by atoms with Gasteiger partial charge in [-0.3, -0.25) is 14.9 Å². The van der Waals surface area contributed by atoms with E-state index < -0.39 is 0 Å². The van der Waals surface area contributed by atoms with Gasteiger partial charge < -0.3 is 20.1 Å². The van der Waals surface area contributed by atoms with Crippen LogP contribution in [0.4, 0.5) is 11.4 Å². The first-order valence-corrected chi connectivity index (χ1v) is 9.72. The molecule has 158 valence electrons. The smallest absolute Gasteiger partial charge is 0.259 e. The van der Waals surface area contributed by atoms with Crippen LogP contribution in [0.5, 0.6) is 11.5 Å². The summed E-state index contributed by atoms with van der Waals surface area (Å²) in [5.74, 6) is 0.390. The Bertz CT molecular complexity index is 1120. The molecule has 0 aliphatic rings. The van der Waals surface area contributed by atoms with E-state index in [1.54, 1.807) is 72.8 Å². The van der Waals surface area contributed by atoms with Crippen LogP contribution in [0.2, 0.25) is 0 Å². The minimum atomic E-state index is -0.364. The molecular formula is C23H21N3O4S. The van der Waals surface area contributed by atoms with E-state index in [0.717, 1.165) is 0 Å². The zero-order valence-corrected chi connectivity index (χ0v) is 17.8. The number of para-hydroxylation sites is 1. The quantitative estimate of drug-likeness (QED) is 0.506. The highest BCUT2D eigenvalue weighted by Gasteiger charge is 2.12. The second-order valence-electron chi connectivity index (χ2n) is 6.38. The van der Waals surface area contributed by atoms with Crippen LogP contribution >= 0.6 is 12.2 Å². The number of amides is 2. The average molecular weight is 436 g/mol. The lowest BCUT2D eigenvalue weighted by Gasteiger charge is -2.12. The van der Waals surface area contributed by atoms with Gasteiger partial charge in [0.2, 0.25) is 0 Å². The highest BCUT2D eigenvalue weighted by molar-refractivity contribution is 7.80. The second kappa shape index (κ2) is 10.2. The summed E-state index contributed by atoms with van der Waals surface area (Å²) in [5, 5.41) is 8.51. The van der Waals surface area contributed by atoms with E-state index in [1.807, 2.05) is 0 Å². The third-order valence-corrected chi connectivity index (χ3v) is 4.49. The van der Waals surface area contributed by atoms with Gasteiger partial charge in [0.1, 0.15) is 11.5 Å². The number of nitrogens with one attached hydrogen (secondary N) is 3. The minimum Gasteiger partial charge on any atom is -0.497 e. The molecule has 31 heavy (non-hydrogen) atoms. The van der Waals surface area contributed by atoms with Crippen LogP contribution in [0.15, 0.2) is 72.8 Å². The molecule has 0 aliphatic heterocycles. The fourth-order valence-electron chi connectivity index (χ4n) is 2.81. The number of anilines is 2. The Hall–Kier alpha value is -3.91. The number of hydrogen-bond acceptors (Lipinski definition) is 5. The first-order valence-electron chi connectivity index (χ1n) is 9.31. The van der Waals surface area contributed by atoms with Gasteiger partial charge in [-0.2, -0.15) is 0 Å². The number of hydrogen-bond donors (Lipinski definition) is 3. The first kappa shape index (κ1) is 21.8. The Labute approximate surface area is 185 Å². The Balaban J connectivity index is 1.64.